The average molecular weight is 301 g/mol. The smallest absolute Gasteiger partial charge is 0.307 e. The molecule has 3 rings (SSSR count). The van der Waals surface area contributed by atoms with Gasteiger partial charge in [-0.3, -0.25) is 14.5 Å². The second-order valence-electron chi connectivity index (χ2n) is 4.87. The molecule has 6 heteroatoms. The van der Waals surface area contributed by atoms with Gasteiger partial charge in [0.15, 0.2) is 5.76 Å². The lowest BCUT2D eigenvalue weighted by atomic mass is 10.1. The number of anilines is 1. The number of carbonyl (C=O) groups is 2. The van der Waals surface area contributed by atoms with E-state index in [-0.39, 0.29) is 24.7 Å². The highest BCUT2D eigenvalue weighted by Crippen LogP contribution is 2.35. The third-order valence-corrected chi connectivity index (χ3v) is 3.50. The maximum absolute atomic E-state index is 12.7. The molecule has 1 aliphatic heterocycles. The Balaban J connectivity index is 1.98. The maximum Gasteiger partial charge on any atom is 0.307 e. The van der Waals surface area contributed by atoms with Crippen molar-refractivity contribution in [2.75, 3.05) is 18.6 Å². The third-order valence-electron chi connectivity index (χ3n) is 3.50. The Morgan fingerprint density at radius 1 is 1.27 bits per heavy atom. The van der Waals surface area contributed by atoms with Crippen molar-refractivity contribution in [3.63, 3.8) is 0 Å². The average Bonchev–Trinajstić information content (AvgIpc) is 3.08. The number of para-hydroxylation sites is 2. The highest BCUT2D eigenvalue weighted by atomic mass is 16.5. The van der Waals surface area contributed by atoms with E-state index >= 15 is 0 Å². The summed E-state index contributed by atoms with van der Waals surface area (Å²) >= 11 is 0. The summed E-state index contributed by atoms with van der Waals surface area (Å²) in [5.41, 5.74) is 0.615. The van der Waals surface area contributed by atoms with E-state index in [0.29, 0.717) is 11.4 Å². The zero-order valence-corrected chi connectivity index (χ0v) is 12.0. The number of methoxy groups -OCH3 is 1. The van der Waals surface area contributed by atoms with Crippen molar-refractivity contribution in [3.05, 3.63) is 48.4 Å². The number of ether oxygens (including phenoxy) is 2. The van der Waals surface area contributed by atoms with Gasteiger partial charge in [0.2, 0.25) is 0 Å². The Kier molecular flexibility index (Phi) is 3.82. The highest BCUT2D eigenvalue weighted by Gasteiger charge is 2.35. The van der Waals surface area contributed by atoms with Gasteiger partial charge in [-0.25, -0.2) is 0 Å². The Hall–Kier alpha value is -2.76. The van der Waals surface area contributed by atoms with Gasteiger partial charge in [-0.1, -0.05) is 12.1 Å². The zero-order valence-electron chi connectivity index (χ0n) is 12.0. The molecule has 0 radical (unpaired) electrons. The molecule has 0 N–H and O–H groups in total. The summed E-state index contributed by atoms with van der Waals surface area (Å²) in [6.07, 6.45) is 1.49. The molecule has 1 aliphatic rings. The van der Waals surface area contributed by atoms with Gasteiger partial charge in [-0.2, -0.15) is 0 Å². The number of hydrogen-bond donors (Lipinski definition) is 0. The van der Waals surface area contributed by atoms with Crippen LogP contribution in [0.25, 0.3) is 0 Å². The van der Waals surface area contributed by atoms with E-state index in [1.54, 1.807) is 24.3 Å². The van der Waals surface area contributed by atoms with Crippen LogP contribution in [0.4, 0.5) is 5.69 Å². The highest BCUT2D eigenvalue weighted by molar-refractivity contribution is 6.06. The summed E-state index contributed by atoms with van der Waals surface area (Å²) in [5, 5.41) is 0. The van der Waals surface area contributed by atoms with Crippen molar-refractivity contribution in [1.82, 2.24) is 0 Å². The SMILES string of the molecule is COC(=O)C[C@H]1COc2ccccc2N1C(=O)c1ccco1. The van der Waals surface area contributed by atoms with Crippen LogP contribution in [0.2, 0.25) is 0 Å². The Labute approximate surface area is 127 Å². The lowest BCUT2D eigenvalue weighted by Gasteiger charge is -2.35. The molecule has 6 nitrogen and oxygen atoms in total. The molecule has 1 atom stereocenters. The molecule has 1 amide bonds. The minimum Gasteiger partial charge on any atom is -0.489 e. The van der Waals surface area contributed by atoms with Crippen LogP contribution in [-0.4, -0.2) is 31.6 Å². The van der Waals surface area contributed by atoms with Crippen LogP contribution >= 0.6 is 0 Å². The van der Waals surface area contributed by atoms with Crippen LogP contribution in [0.1, 0.15) is 17.0 Å². The summed E-state index contributed by atoms with van der Waals surface area (Å²) in [7, 11) is 1.32. The summed E-state index contributed by atoms with van der Waals surface area (Å²) in [6.45, 7) is 0.221. The first kappa shape index (κ1) is 14.2. The van der Waals surface area contributed by atoms with Gasteiger partial charge in [-0.05, 0) is 24.3 Å². The van der Waals surface area contributed by atoms with Crippen LogP contribution in [0.5, 0.6) is 5.75 Å². The predicted octanol–water partition coefficient (Wildman–Crippen LogP) is 2.25. The molecule has 22 heavy (non-hydrogen) atoms. The topological polar surface area (TPSA) is 69.0 Å². The Morgan fingerprint density at radius 2 is 2.09 bits per heavy atom. The quantitative estimate of drug-likeness (QED) is 0.813. The molecule has 2 heterocycles. The number of amides is 1. The Bertz CT molecular complexity index is 680. The van der Waals surface area contributed by atoms with Crippen LogP contribution < -0.4 is 9.64 Å². The molecule has 1 aromatic carbocycles. The number of benzene rings is 1. The molecule has 0 bridgehead atoms. The summed E-state index contributed by atoms with van der Waals surface area (Å²) < 4.78 is 15.5. The lowest BCUT2D eigenvalue weighted by Crippen LogP contribution is -2.48. The van der Waals surface area contributed by atoms with Gasteiger partial charge in [0.25, 0.3) is 5.91 Å². The second kappa shape index (κ2) is 5.93. The van der Waals surface area contributed by atoms with Crippen LogP contribution in [0.15, 0.2) is 47.1 Å². The maximum atomic E-state index is 12.7. The van der Waals surface area contributed by atoms with E-state index in [1.165, 1.54) is 18.3 Å². The minimum atomic E-state index is -0.444. The van der Waals surface area contributed by atoms with E-state index in [1.807, 2.05) is 12.1 Å². The number of esters is 1. The molecule has 0 spiro atoms. The molecule has 0 aliphatic carbocycles. The monoisotopic (exact) mass is 301 g/mol. The molecule has 114 valence electrons. The number of hydrogen-bond acceptors (Lipinski definition) is 5. The zero-order chi connectivity index (χ0) is 15.5. The molecular weight excluding hydrogens is 286 g/mol. The molecular formula is C16H15NO5. The van der Waals surface area contributed by atoms with Crippen molar-refractivity contribution in [1.29, 1.82) is 0 Å². The minimum absolute atomic E-state index is 0.0529. The fraction of sp³-hybridized carbons (Fsp3) is 0.250. The van der Waals surface area contributed by atoms with Gasteiger partial charge in [0.1, 0.15) is 12.4 Å². The molecule has 0 fully saturated rings. The molecule has 0 unspecified atom stereocenters. The van der Waals surface area contributed by atoms with Gasteiger partial charge >= 0.3 is 5.97 Å². The Morgan fingerprint density at radius 3 is 2.82 bits per heavy atom. The van der Waals surface area contributed by atoms with Crippen LogP contribution in [0, 0.1) is 0 Å². The van der Waals surface area contributed by atoms with E-state index in [4.69, 9.17) is 13.9 Å². The first-order chi connectivity index (χ1) is 10.7. The van der Waals surface area contributed by atoms with Crippen LogP contribution in [0.3, 0.4) is 0 Å². The van der Waals surface area contributed by atoms with Gasteiger partial charge in [0, 0.05) is 0 Å². The normalized spacial score (nSPS) is 16.6. The van der Waals surface area contributed by atoms with Crippen molar-refractivity contribution in [2.45, 2.75) is 12.5 Å². The number of furan rings is 1. The molecule has 2 aromatic rings. The van der Waals surface area contributed by atoms with Gasteiger partial charge in [-0.15, -0.1) is 0 Å². The summed E-state index contributed by atoms with van der Waals surface area (Å²) in [4.78, 5) is 25.9. The summed E-state index contributed by atoms with van der Waals surface area (Å²) in [6, 6.07) is 10.00. The number of rotatable bonds is 3. The first-order valence-electron chi connectivity index (χ1n) is 6.86. The summed E-state index contributed by atoms with van der Waals surface area (Å²) in [5.74, 6) is 0.106. The second-order valence-corrected chi connectivity index (χ2v) is 4.87. The van der Waals surface area contributed by atoms with E-state index in [2.05, 4.69) is 0 Å². The largest absolute Gasteiger partial charge is 0.489 e. The van der Waals surface area contributed by atoms with Gasteiger partial charge < -0.3 is 13.9 Å². The molecule has 0 saturated heterocycles. The number of carbonyl (C=O) groups excluding carboxylic acids is 2. The van der Waals surface area contributed by atoms with Crippen molar-refractivity contribution in [3.8, 4) is 5.75 Å². The number of fused-ring (bicyclic) bond motifs is 1. The predicted molar refractivity (Wildman–Crippen MR) is 77.9 cm³/mol. The van der Waals surface area contributed by atoms with Gasteiger partial charge in [0.05, 0.1) is 31.5 Å². The van der Waals surface area contributed by atoms with Crippen molar-refractivity contribution in [2.24, 2.45) is 0 Å². The van der Waals surface area contributed by atoms with Crippen molar-refractivity contribution < 1.29 is 23.5 Å². The van der Waals surface area contributed by atoms with E-state index in [0.717, 1.165) is 0 Å². The molecule has 1 aromatic heterocycles. The van der Waals surface area contributed by atoms with Crippen LogP contribution in [-0.2, 0) is 9.53 Å². The lowest BCUT2D eigenvalue weighted by molar-refractivity contribution is -0.141. The fourth-order valence-electron chi connectivity index (χ4n) is 2.46. The van der Waals surface area contributed by atoms with E-state index < -0.39 is 12.0 Å². The van der Waals surface area contributed by atoms with E-state index in [9.17, 15) is 9.59 Å². The standard InChI is InChI=1S/C16H15NO5/c1-20-15(18)9-11-10-22-13-6-3-2-5-12(13)17(11)16(19)14-7-4-8-21-14/h2-8,11H,9-10H2,1H3/t11-/m0/s1. The van der Waals surface area contributed by atoms with Crippen molar-refractivity contribution >= 4 is 17.6 Å². The first-order valence-corrected chi connectivity index (χ1v) is 6.86. The number of nitrogens with zero attached hydrogens (tertiary/aromatic N) is 1. The fourth-order valence-corrected chi connectivity index (χ4v) is 2.46. The molecule has 0 saturated carbocycles. The third kappa shape index (κ3) is 2.55.